The second-order valence-corrected chi connectivity index (χ2v) is 12.0. The van der Waals surface area contributed by atoms with Crippen LogP contribution in [0.2, 0.25) is 5.02 Å². The summed E-state index contributed by atoms with van der Waals surface area (Å²) in [6, 6.07) is 42.8. The summed E-state index contributed by atoms with van der Waals surface area (Å²) in [7, 11) is 0. The molecular formula is C38H33ClN2O3S. The molecule has 5 nitrogen and oxygen atoms in total. The smallest absolute Gasteiger partial charge is 0.221 e. The zero-order valence-corrected chi connectivity index (χ0v) is 26.7. The minimum absolute atomic E-state index is 0.00371. The number of aryl methyl sites for hydroxylation is 1. The summed E-state index contributed by atoms with van der Waals surface area (Å²) >= 11 is 7.77. The van der Waals surface area contributed by atoms with Crippen molar-refractivity contribution in [2.75, 3.05) is 10.7 Å². The van der Waals surface area contributed by atoms with E-state index in [-0.39, 0.29) is 5.78 Å². The summed E-state index contributed by atoms with van der Waals surface area (Å²) in [5.41, 5.74) is 6.67. The standard InChI is InChI=1S/C38H33ClN2O3S/c1-27-9-6-7-12-36(27)38(43)30-16-22-34(23-17-30)41(32-10-4-3-5-11-32)33-20-14-29(15-21-33)37(40-44-28(2)42)13-8-26-45-35-24-18-31(39)19-25-35/h4,6-7,9-12,14-25,28,42H,8,13,26H2,1-2H3/b40-37+. The molecule has 0 bridgehead atoms. The van der Waals surface area contributed by atoms with Crippen molar-refractivity contribution < 1.29 is 14.7 Å². The number of anilines is 3. The van der Waals surface area contributed by atoms with Gasteiger partial charge in [-0.05, 0) is 109 Å². The molecular weight excluding hydrogens is 600 g/mol. The molecule has 0 aliphatic heterocycles. The Kier molecular flexibility index (Phi) is 10.9. The lowest BCUT2D eigenvalue weighted by atomic mass is 9.99. The van der Waals surface area contributed by atoms with Crippen molar-refractivity contribution in [1.29, 1.82) is 0 Å². The van der Waals surface area contributed by atoms with Gasteiger partial charge in [-0.3, -0.25) is 4.79 Å². The van der Waals surface area contributed by atoms with Gasteiger partial charge in [-0.1, -0.05) is 65.3 Å². The van der Waals surface area contributed by atoms with Gasteiger partial charge in [-0.25, -0.2) is 0 Å². The van der Waals surface area contributed by atoms with Crippen molar-refractivity contribution in [2.24, 2.45) is 5.16 Å². The number of ketones is 1. The van der Waals surface area contributed by atoms with E-state index >= 15 is 0 Å². The van der Waals surface area contributed by atoms with E-state index in [1.165, 1.54) is 6.92 Å². The maximum absolute atomic E-state index is 13.2. The third kappa shape index (κ3) is 8.55. The first-order valence-corrected chi connectivity index (χ1v) is 16.0. The number of hydrogen-bond donors (Lipinski definition) is 1. The molecule has 0 aliphatic rings. The molecule has 0 spiro atoms. The Bertz CT molecular complexity index is 1720. The predicted octanol–water partition coefficient (Wildman–Crippen LogP) is 9.58. The lowest BCUT2D eigenvalue weighted by molar-refractivity contribution is -0.0838. The third-order valence-electron chi connectivity index (χ3n) is 7.09. The van der Waals surface area contributed by atoms with Crippen LogP contribution in [0, 0.1) is 19.1 Å². The Hall–Kier alpha value is -4.54. The maximum Gasteiger partial charge on any atom is 0.221 e. The van der Waals surface area contributed by atoms with Gasteiger partial charge in [0.15, 0.2) is 5.78 Å². The van der Waals surface area contributed by atoms with Crippen LogP contribution < -0.4 is 4.90 Å². The van der Waals surface area contributed by atoms with E-state index in [2.05, 4.69) is 22.2 Å². The van der Waals surface area contributed by atoms with E-state index in [0.29, 0.717) is 17.5 Å². The van der Waals surface area contributed by atoms with Crippen LogP contribution in [0.25, 0.3) is 0 Å². The number of oxime groups is 1. The van der Waals surface area contributed by atoms with Gasteiger partial charge < -0.3 is 14.8 Å². The Morgan fingerprint density at radius 2 is 1.56 bits per heavy atom. The molecule has 0 aliphatic carbocycles. The molecule has 1 unspecified atom stereocenters. The van der Waals surface area contributed by atoms with Gasteiger partial charge in [0.2, 0.25) is 6.29 Å². The second-order valence-electron chi connectivity index (χ2n) is 10.4. The Morgan fingerprint density at radius 1 is 0.889 bits per heavy atom. The Balaban J connectivity index is 1.36. The average Bonchev–Trinajstić information content (AvgIpc) is 3.06. The van der Waals surface area contributed by atoms with Crippen LogP contribution >= 0.6 is 23.4 Å². The fraction of sp³-hybridized carbons (Fsp3) is 0.158. The fourth-order valence-corrected chi connectivity index (χ4v) is 5.80. The molecule has 0 heterocycles. The Morgan fingerprint density at radius 3 is 2.18 bits per heavy atom. The summed E-state index contributed by atoms with van der Waals surface area (Å²) in [5.74, 6) is 0.890. The van der Waals surface area contributed by atoms with Crippen molar-refractivity contribution >= 4 is 51.9 Å². The van der Waals surface area contributed by atoms with Crippen molar-refractivity contribution in [3.8, 4) is 0 Å². The monoisotopic (exact) mass is 632 g/mol. The topological polar surface area (TPSA) is 62.1 Å². The highest BCUT2D eigenvalue weighted by atomic mass is 35.5. The molecule has 0 radical (unpaired) electrons. The molecule has 1 atom stereocenters. The number of carbonyl (C=O) groups is 1. The number of thioether (sulfide) groups is 1. The summed E-state index contributed by atoms with van der Waals surface area (Å²) in [6.45, 7) is 3.48. The SMILES string of the molecule is Cc1ccccc1C(=O)c1ccc(N(c2cc#ccc2)c2ccc(/C(CCCSc3ccc(Cl)cc3)=N/OC(C)O)cc2)cc1. The van der Waals surface area contributed by atoms with Crippen molar-refractivity contribution in [2.45, 2.75) is 37.9 Å². The molecule has 5 rings (SSSR count). The number of halogens is 1. The van der Waals surface area contributed by atoms with E-state index in [9.17, 15) is 9.90 Å². The number of nitrogens with zero attached hydrogens (tertiary/aromatic N) is 2. The molecule has 7 heteroatoms. The first-order valence-electron chi connectivity index (χ1n) is 14.7. The summed E-state index contributed by atoms with van der Waals surface area (Å²) in [6.07, 6.45) is 0.536. The van der Waals surface area contributed by atoms with Gasteiger partial charge >= 0.3 is 0 Å². The highest BCUT2D eigenvalue weighted by Crippen LogP contribution is 2.34. The van der Waals surface area contributed by atoms with E-state index in [4.69, 9.17) is 16.4 Å². The molecule has 0 aromatic heterocycles. The van der Waals surface area contributed by atoms with Crippen LogP contribution in [-0.4, -0.2) is 28.6 Å². The minimum atomic E-state index is -1.01. The molecule has 5 aromatic carbocycles. The number of aliphatic hydroxyl groups is 1. The maximum atomic E-state index is 13.2. The molecule has 5 aromatic rings. The van der Waals surface area contributed by atoms with Crippen LogP contribution in [0.5, 0.6) is 0 Å². The first-order chi connectivity index (χ1) is 21.9. The van der Waals surface area contributed by atoms with Gasteiger partial charge in [-0.2, -0.15) is 0 Å². The van der Waals surface area contributed by atoms with Gasteiger partial charge in [-0.15, -0.1) is 11.8 Å². The number of hydrogen-bond acceptors (Lipinski definition) is 6. The number of benzene rings is 4. The largest absolute Gasteiger partial charge is 0.364 e. The third-order valence-corrected chi connectivity index (χ3v) is 8.44. The van der Waals surface area contributed by atoms with Gasteiger partial charge in [0.1, 0.15) is 0 Å². The predicted molar refractivity (Wildman–Crippen MR) is 184 cm³/mol. The van der Waals surface area contributed by atoms with E-state index in [1.54, 1.807) is 11.8 Å². The van der Waals surface area contributed by atoms with E-state index in [1.807, 2.05) is 122 Å². The quantitative estimate of drug-likeness (QED) is 0.0350. The zero-order chi connectivity index (χ0) is 31.6. The second kappa shape index (κ2) is 15.5. The van der Waals surface area contributed by atoms with Crippen LogP contribution in [0.3, 0.4) is 0 Å². The van der Waals surface area contributed by atoms with Crippen molar-refractivity contribution in [3.05, 3.63) is 155 Å². The molecule has 0 amide bonds. The zero-order valence-electron chi connectivity index (χ0n) is 25.1. The average molecular weight is 633 g/mol. The number of aliphatic hydroxyl groups excluding tert-OH is 1. The summed E-state index contributed by atoms with van der Waals surface area (Å²) in [5, 5.41) is 14.7. The lowest BCUT2D eigenvalue weighted by Gasteiger charge is -2.25. The van der Waals surface area contributed by atoms with E-state index < -0.39 is 6.29 Å². The Labute approximate surface area is 274 Å². The van der Waals surface area contributed by atoms with Crippen molar-refractivity contribution in [1.82, 2.24) is 0 Å². The van der Waals surface area contributed by atoms with Crippen molar-refractivity contribution in [3.63, 3.8) is 0 Å². The molecule has 226 valence electrons. The molecule has 0 saturated heterocycles. The fourth-order valence-electron chi connectivity index (χ4n) is 4.82. The molecule has 1 N–H and O–H groups in total. The van der Waals surface area contributed by atoms with Crippen LogP contribution in [0.15, 0.2) is 125 Å². The molecule has 0 saturated carbocycles. The summed E-state index contributed by atoms with van der Waals surface area (Å²) < 4.78 is 0. The minimum Gasteiger partial charge on any atom is -0.364 e. The van der Waals surface area contributed by atoms with Crippen LogP contribution in [-0.2, 0) is 4.84 Å². The first kappa shape index (κ1) is 31.9. The number of carbonyl (C=O) groups excluding carboxylic acids is 1. The lowest BCUT2D eigenvalue weighted by Crippen LogP contribution is -2.11. The van der Waals surface area contributed by atoms with Crippen LogP contribution in [0.1, 0.15) is 46.8 Å². The van der Waals surface area contributed by atoms with Gasteiger partial charge in [0.25, 0.3) is 0 Å². The number of rotatable bonds is 13. The normalized spacial score (nSPS) is 11.9. The molecule has 45 heavy (non-hydrogen) atoms. The van der Waals surface area contributed by atoms with Gasteiger partial charge in [0, 0.05) is 45.4 Å². The highest BCUT2D eigenvalue weighted by Gasteiger charge is 2.16. The summed E-state index contributed by atoms with van der Waals surface area (Å²) in [4.78, 5) is 21.7. The van der Waals surface area contributed by atoms with Gasteiger partial charge in [0.05, 0.1) is 11.4 Å². The van der Waals surface area contributed by atoms with Crippen LogP contribution in [0.4, 0.5) is 17.1 Å². The van der Waals surface area contributed by atoms with E-state index in [0.717, 1.165) is 56.0 Å². The highest BCUT2D eigenvalue weighted by molar-refractivity contribution is 7.99. The molecule has 0 fully saturated rings.